The Balaban J connectivity index is 2.44. The molecule has 1 rings (SSSR count). The number of hydrogen-bond donors (Lipinski definition) is 0. The topological polar surface area (TPSA) is 43.4 Å². The summed E-state index contributed by atoms with van der Waals surface area (Å²) in [5, 5.41) is 0. The first-order chi connectivity index (χ1) is 18.5. The Kier molecular flexibility index (Phi) is 20.2. The van der Waals surface area contributed by atoms with Crippen LogP contribution in [0.1, 0.15) is 153 Å². The van der Waals surface area contributed by atoms with Crippen LogP contribution < -0.4 is 4.74 Å². The largest absolute Gasteiger partial charge is 0.493 e. The molecule has 0 spiro atoms. The summed E-state index contributed by atoms with van der Waals surface area (Å²) in [5.41, 5.74) is 1.37. The second-order valence-corrected chi connectivity index (χ2v) is 12.9. The fraction of sp³-hybridized carbons (Fsp3) is 0.706. The van der Waals surface area contributed by atoms with E-state index >= 15 is 0 Å². The van der Waals surface area contributed by atoms with Crippen LogP contribution in [0.2, 0.25) is 0 Å². The minimum Gasteiger partial charge on any atom is -0.493 e. The first-order valence-corrected chi connectivity index (χ1v) is 17.4. The lowest BCUT2D eigenvalue weighted by atomic mass is 10.1. The lowest BCUT2D eigenvalue weighted by Crippen LogP contribution is -2.10. The SMILES string of the molecule is C=Cc1cc(S(=O)(=O)CCCCCCCCCCCC)c(C=C)cc1OCCCCCCCCCCCC. The maximum atomic E-state index is 13.2. The Morgan fingerprint density at radius 2 is 1.03 bits per heavy atom. The molecule has 0 fully saturated rings. The predicted molar refractivity (Wildman–Crippen MR) is 168 cm³/mol. The summed E-state index contributed by atoms with van der Waals surface area (Å²) in [6, 6.07) is 3.55. The molecule has 0 aromatic heterocycles. The fourth-order valence-corrected chi connectivity index (χ4v) is 6.58. The Hall–Kier alpha value is -1.55. The van der Waals surface area contributed by atoms with E-state index in [-0.39, 0.29) is 5.75 Å². The van der Waals surface area contributed by atoms with Crippen molar-refractivity contribution in [2.75, 3.05) is 12.4 Å². The van der Waals surface area contributed by atoms with Crippen LogP contribution >= 0.6 is 0 Å². The van der Waals surface area contributed by atoms with Gasteiger partial charge in [-0.1, -0.05) is 155 Å². The van der Waals surface area contributed by atoms with Gasteiger partial charge < -0.3 is 4.74 Å². The van der Waals surface area contributed by atoms with Gasteiger partial charge in [0, 0.05) is 5.56 Å². The van der Waals surface area contributed by atoms with Gasteiger partial charge in [-0.05, 0) is 30.5 Å². The number of rotatable bonds is 26. The van der Waals surface area contributed by atoms with Crippen LogP contribution in [-0.2, 0) is 9.84 Å². The molecule has 0 unspecified atom stereocenters. The number of ether oxygens (including phenoxy) is 1. The van der Waals surface area contributed by atoms with E-state index in [2.05, 4.69) is 27.0 Å². The zero-order valence-corrected chi connectivity index (χ0v) is 25.7. The van der Waals surface area contributed by atoms with E-state index in [1.807, 2.05) is 6.07 Å². The van der Waals surface area contributed by atoms with Crippen LogP contribution in [0.3, 0.4) is 0 Å². The van der Waals surface area contributed by atoms with Crippen LogP contribution in [0.25, 0.3) is 12.2 Å². The van der Waals surface area contributed by atoms with Crippen LogP contribution in [0, 0.1) is 0 Å². The maximum Gasteiger partial charge on any atom is 0.178 e. The fourth-order valence-electron chi connectivity index (χ4n) is 4.97. The molecule has 3 nitrogen and oxygen atoms in total. The average molecular weight is 547 g/mol. The van der Waals surface area contributed by atoms with Crippen molar-refractivity contribution in [2.24, 2.45) is 0 Å². The van der Waals surface area contributed by atoms with Crippen molar-refractivity contribution >= 4 is 22.0 Å². The second kappa shape index (κ2) is 22.3. The van der Waals surface area contributed by atoms with Crippen molar-refractivity contribution in [3.8, 4) is 5.75 Å². The highest BCUT2D eigenvalue weighted by molar-refractivity contribution is 7.91. The van der Waals surface area contributed by atoms with Gasteiger partial charge in [0.2, 0.25) is 0 Å². The van der Waals surface area contributed by atoms with Crippen LogP contribution in [-0.4, -0.2) is 20.8 Å². The Morgan fingerprint density at radius 3 is 1.47 bits per heavy atom. The molecule has 4 heteroatoms. The summed E-state index contributed by atoms with van der Waals surface area (Å²) in [5.74, 6) is 0.878. The summed E-state index contributed by atoms with van der Waals surface area (Å²) in [7, 11) is -3.38. The van der Waals surface area contributed by atoms with E-state index in [9.17, 15) is 8.42 Å². The molecule has 0 heterocycles. The Morgan fingerprint density at radius 1 is 0.605 bits per heavy atom. The lowest BCUT2D eigenvalue weighted by Gasteiger charge is -2.14. The third kappa shape index (κ3) is 15.1. The Bertz CT molecular complexity index is 857. The van der Waals surface area contributed by atoms with Gasteiger partial charge in [0.25, 0.3) is 0 Å². The van der Waals surface area contributed by atoms with Gasteiger partial charge in [0.05, 0.1) is 17.3 Å². The summed E-state index contributed by atoms with van der Waals surface area (Å²) in [4.78, 5) is 0.351. The molecule has 0 atom stereocenters. The van der Waals surface area contributed by atoms with Gasteiger partial charge >= 0.3 is 0 Å². The molecule has 0 N–H and O–H groups in total. The summed E-state index contributed by atoms with van der Waals surface area (Å²) < 4.78 is 32.4. The monoisotopic (exact) mass is 546 g/mol. The third-order valence-electron chi connectivity index (χ3n) is 7.44. The average Bonchev–Trinajstić information content (AvgIpc) is 2.92. The molecule has 0 radical (unpaired) electrons. The summed E-state index contributed by atoms with van der Waals surface area (Å²) in [6.45, 7) is 12.9. The molecular formula is C34H58O3S. The van der Waals surface area contributed by atoms with E-state index in [0.717, 1.165) is 31.2 Å². The molecule has 1 aromatic carbocycles. The van der Waals surface area contributed by atoms with Gasteiger partial charge in [-0.2, -0.15) is 0 Å². The number of benzene rings is 1. The standard InChI is InChI=1S/C34H58O3S/c1-5-9-11-13-15-17-19-21-23-25-27-37-33-29-32(8-4)34(30-31(33)7-3)38(35,36)28-26-24-22-20-18-16-14-12-10-6-2/h7-8,29-30H,3-6,9-28H2,1-2H3. The van der Waals surface area contributed by atoms with E-state index < -0.39 is 9.84 Å². The molecule has 0 amide bonds. The van der Waals surface area contributed by atoms with E-state index in [1.54, 1.807) is 18.2 Å². The highest BCUT2D eigenvalue weighted by atomic mass is 32.2. The molecule has 0 bridgehead atoms. The maximum absolute atomic E-state index is 13.2. The molecule has 0 saturated heterocycles. The molecule has 218 valence electrons. The van der Waals surface area contributed by atoms with Gasteiger partial charge in [-0.3, -0.25) is 0 Å². The van der Waals surface area contributed by atoms with Crippen molar-refractivity contribution in [1.29, 1.82) is 0 Å². The first-order valence-electron chi connectivity index (χ1n) is 15.8. The smallest absolute Gasteiger partial charge is 0.178 e. The predicted octanol–water partition coefficient (Wildman–Crippen LogP) is 11.0. The highest BCUT2D eigenvalue weighted by Crippen LogP contribution is 2.30. The second-order valence-electron chi connectivity index (χ2n) is 10.9. The summed E-state index contributed by atoms with van der Waals surface area (Å²) >= 11 is 0. The van der Waals surface area contributed by atoms with Gasteiger partial charge in [-0.25, -0.2) is 8.42 Å². The number of hydrogen-bond acceptors (Lipinski definition) is 3. The minimum atomic E-state index is -3.38. The van der Waals surface area contributed by atoms with Crippen LogP contribution in [0.15, 0.2) is 30.2 Å². The molecule has 38 heavy (non-hydrogen) atoms. The van der Waals surface area contributed by atoms with E-state index in [0.29, 0.717) is 29.2 Å². The van der Waals surface area contributed by atoms with Crippen LogP contribution in [0.5, 0.6) is 5.75 Å². The normalized spacial score (nSPS) is 11.5. The number of unbranched alkanes of at least 4 members (excludes halogenated alkanes) is 18. The summed E-state index contributed by atoms with van der Waals surface area (Å²) in [6.07, 6.45) is 28.0. The lowest BCUT2D eigenvalue weighted by molar-refractivity contribution is 0.303. The van der Waals surface area contributed by atoms with E-state index in [4.69, 9.17) is 4.74 Å². The number of sulfone groups is 1. The van der Waals surface area contributed by atoms with Crippen molar-refractivity contribution in [1.82, 2.24) is 0 Å². The van der Waals surface area contributed by atoms with E-state index in [1.165, 1.54) is 96.3 Å². The highest BCUT2D eigenvalue weighted by Gasteiger charge is 2.20. The quantitative estimate of drug-likeness (QED) is 0.109. The van der Waals surface area contributed by atoms with Gasteiger partial charge in [0.15, 0.2) is 9.84 Å². The first kappa shape index (κ1) is 34.5. The van der Waals surface area contributed by atoms with Gasteiger partial charge in [-0.15, -0.1) is 0 Å². The van der Waals surface area contributed by atoms with Crippen molar-refractivity contribution in [2.45, 2.75) is 147 Å². The molecule has 0 saturated carbocycles. The molecule has 1 aromatic rings. The van der Waals surface area contributed by atoms with Crippen molar-refractivity contribution in [3.63, 3.8) is 0 Å². The zero-order valence-electron chi connectivity index (χ0n) is 24.9. The van der Waals surface area contributed by atoms with Crippen molar-refractivity contribution < 1.29 is 13.2 Å². The molecule has 0 aliphatic heterocycles. The molecular weight excluding hydrogens is 488 g/mol. The zero-order chi connectivity index (χ0) is 27.9. The molecule has 0 aliphatic rings. The van der Waals surface area contributed by atoms with Gasteiger partial charge in [0.1, 0.15) is 5.75 Å². The molecule has 0 aliphatic carbocycles. The minimum absolute atomic E-state index is 0.180. The van der Waals surface area contributed by atoms with Crippen LogP contribution in [0.4, 0.5) is 0 Å². The van der Waals surface area contributed by atoms with Crippen molar-refractivity contribution in [3.05, 3.63) is 36.4 Å². The third-order valence-corrected chi connectivity index (χ3v) is 9.29. The Labute approximate surface area is 236 Å².